The van der Waals surface area contributed by atoms with E-state index in [2.05, 4.69) is 53.5 Å². The molecule has 0 bridgehead atoms. The van der Waals surface area contributed by atoms with E-state index in [9.17, 15) is 4.79 Å². The summed E-state index contributed by atoms with van der Waals surface area (Å²) >= 11 is 0. The first-order valence-electron chi connectivity index (χ1n) is 9.47. The second kappa shape index (κ2) is 8.70. The van der Waals surface area contributed by atoms with Gasteiger partial charge in [-0.1, -0.05) is 31.2 Å². The van der Waals surface area contributed by atoms with Gasteiger partial charge in [-0.3, -0.25) is 4.79 Å². The van der Waals surface area contributed by atoms with Crippen LogP contribution in [0.15, 0.2) is 48.5 Å². The Labute approximate surface area is 151 Å². The van der Waals surface area contributed by atoms with Gasteiger partial charge in [-0.15, -0.1) is 0 Å². The highest BCUT2D eigenvalue weighted by Crippen LogP contribution is 2.22. The normalized spacial score (nSPS) is 14.4. The number of anilines is 2. The van der Waals surface area contributed by atoms with Gasteiger partial charge in [0, 0.05) is 30.9 Å². The Morgan fingerprint density at radius 1 is 0.920 bits per heavy atom. The van der Waals surface area contributed by atoms with Gasteiger partial charge < -0.3 is 10.2 Å². The molecule has 1 fully saturated rings. The number of piperidine rings is 1. The van der Waals surface area contributed by atoms with E-state index < -0.39 is 0 Å². The summed E-state index contributed by atoms with van der Waals surface area (Å²) in [6.07, 6.45) is 6.23. The van der Waals surface area contributed by atoms with Gasteiger partial charge in [0.05, 0.1) is 0 Å². The number of nitrogens with one attached hydrogen (secondary N) is 1. The van der Waals surface area contributed by atoms with Crippen molar-refractivity contribution in [2.75, 3.05) is 23.3 Å². The molecule has 1 aliphatic rings. The van der Waals surface area contributed by atoms with Crippen molar-refractivity contribution in [2.24, 2.45) is 0 Å². The molecule has 1 heterocycles. The number of carbonyl (C=O) groups excluding carboxylic acids is 1. The van der Waals surface area contributed by atoms with Crippen molar-refractivity contribution in [1.82, 2.24) is 0 Å². The Morgan fingerprint density at radius 3 is 2.20 bits per heavy atom. The minimum atomic E-state index is 0.0743. The van der Waals surface area contributed by atoms with Crippen LogP contribution in [0.1, 0.15) is 43.7 Å². The van der Waals surface area contributed by atoms with Crippen LogP contribution in [-0.2, 0) is 17.6 Å². The SMILES string of the molecule is CCc1ccc(CCC(=O)Nc2ccc(N3CCCCC3)cc2)cc1. The van der Waals surface area contributed by atoms with E-state index in [4.69, 9.17) is 0 Å². The summed E-state index contributed by atoms with van der Waals surface area (Å²) in [5.74, 6) is 0.0743. The Morgan fingerprint density at radius 2 is 1.56 bits per heavy atom. The van der Waals surface area contributed by atoms with E-state index in [1.165, 1.54) is 36.1 Å². The van der Waals surface area contributed by atoms with E-state index in [0.717, 1.165) is 31.6 Å². The van der Waals surface area contributed by atoms with Crippen LogP contribution in [0.2, 0.25) is 0 Å². The van der Waals surface area contributed by atoms with Gasteiger partial charge in [0.1, 0.15) is 0 Å². The minimum Gasteiger partial charge on any atom is -0.372 e. The molecule has 3 heteroatoms. The Balaban J connectivity index is 1.48. The molecule has 0 unspecified atom stereocenters. The molecule has 2 aromatic rings. The number of hydrogen-bond donors (Lipinski definition) is 1. The van der Waals surface area contributed by atoms with Gasteiger partial charge >= 0.3 is 0 Å². The molecule has 1 aliphatic heterocycles. The molecule has 3 nitrogen and oxygen atoms in total. The van der Waals surface area contributed by atoms with Gasteiger partial charge in [-0.05, 0) is 67.5 Å². The minimum absolute atomic E-state index is 0.0743. The van der Waals surface area contributed by atoms with Gasteiger partial charge in [0.2, 0.25) is 5.91 Å². The molecule has 2 aromatic carbocycles. The fourth-order valence-electron chi connectivity index (χ4n) is 3.33. The first-order valence-corrected chi connectivity index (χ1v) is 9.47. The van der Waals surface area contributed by atoms with Crippen molar-refractivity contribution in [2.45, 2.75) is 45.4 Å². The Bertz CT molecular complexity index is 670. The van der Waals surface area contributed by atoms with Crippen LogP contribution in [0.5, 0.6) is 0 Å². The molecule has 132 valence electrons. The average molecular weight is 336 g/mol. The molecule has 0 saturated carbocycles. The molecule has 1 N–H and O–H groups in total. The second-order valence-electron chi connectivity index (χ2n) is 6.81. The smallest absolute Gasteiger partial charge is 0.224 e. The van der Waals surface area contributed by atoms with Crippen LogP contribution in [0.25, 0.3) is 0 Å². The number of carbonyl (C=O) groups is 1. The third-order valence-corrected chi connectivity index (χ3v) is 4.94. The lowest BCUT2D eigenvalue weighted by molar-refractivity contribution is -0.116. The molecule has 3 rings (SSSR count). The maximum absolute atomic E-state index is 12.2. The zero-order valence-corrected chi connectivity index (χ0v) is 15.1. The number of nitrogens with zero attached hydrogens (tertiary/aromatic N) is 1. The zero-order chi connectivity index (χ0) is 17.5. The summed E-state index contributed by atoms with van der Waals surface area (Å²) < 4.78 is 0. The molecular formula is C22H28N2O. The highest BCUT2D eigenvalue weighted by Gasteiger charge is 2.11. The summed E-state index contributed by atoms with van der Waals surface area (Å²) in [6.45, 7) is 4.43. The van der Waals surface area contributed by atoms with Crippen LogP contribution in [0.4, 0.5) is 11.4 Å². The molecule has 1 saturated heterocycles. The molecule has 0 spiro atoms. The van der Waals surface area contributed by atoms with Crippen molar-refractivity contribution in [1.29, 1.82) is 0 Å². The molecule has 1 amide bonds. The number of hydrogen-bond acceptors (Lipinski definition) is 2. The number of benzene rings is 2. The van der Waals surface area contributed by atoms with E-state index in [1.807, 2.05) is 12.1 Å². The molecule has 0 radical (unpaired) electrons. The largest absolute Gasteiger partial charge is 0.372 e. The summed E-state index contributed by atoms with van der Waals surface area (Å²) in [4.78, 5) is 14.6. The first-order chi connectivity index (χ1) is 12.2. The first kappa shape index (κ1) is 17.5. The van der Waals surface area contributed by atoms with Crippen molar-refractivity contribution >= 4 is 17.3 Å². The highest BCUT2D eigenvalue weighted by atomic mass is 16.1. The Kier molecular flexibility index (Phi) is 6.10. The van der Waals surface area contributed by atoms with Crippen LogP contribution in [-0.4, -0.2) is 19.0 Å². The summed E-state index contributed by atoms with van der Waals surface area (Å²) in [6, 6.07) is 16.8. The van der Waals surface area contributed by atoms with Gasteiger partial charge in [-0.25, -0.2) is 0 Å². The van der Waals surface area contributed by atoms with E-state index >= 15 is 0 Å². The third-order valence-electron chi connectivity index (χ3n) is 4.94. The van der Waals surface area contributed by atoms with Gasteiger partial charge in [0.25, 0.3) is 0 Å². The lowest BCUT2D eigenvalue weighted by atomic mass is 10.1. The maximum Gasteiger partial charge on any atom is 0.224 e. The monoisotopic (exact) mass is 336 g/mol. The van der Waals surface area contributed by atoms with E-state index in [0.29, 0.717) is 6.42 Å². The van der Waals surface area contributed by atoms with E-state index in [-0.39, 0.29) is 5.91 Å². The highest BCUT2D eigenvalue weighted by molar-refractivity contribution is 5.91. The molecule has 0 aromatic heterocycles. The van der Waals surface area contributed by atoms with Crippen LogP contribution in [0.3, 0.4) is 0 Å². The predicted molar refractivity (Wildman–Crippen MR) is 105 cm³/mol. The second-order valence-corrected chi connectivity index (χ2v) is 6.81. The summed E-state index contributed by atoms with van der Waals surface area (Å²) in [5.41, 5.74) is 4.69. The van der Waals surface area contributed by atoms with Crippen molar-refractivity contribution in [3.8, 4) is 0 Å². The number of rotatable bonds is 6. The van der Waals surface area contributed by atoms with Crippen molar-refractivity contribution < 1.29 is 4.79 Å². The number of amides is 1. The van der Waals surface area contributed by atoms with Crippen LogP contribution in [0, 0.1) is 0 Å². The van der Waals surface area contributed by atoms with Crippen LogP contribution >= 0.6 is 0 Å². The molecular weight excluding hydrogens is 308 g/mol. The lowest BCUT2D eigenvalue weighted by Crippen LogP contribution is -2.29. The zero-order valence-electron chi connectivity index (χ0n) is 15.1. The summed E-state index contributed by atoms with van der Waals surface area (Å²) in [7, 11) is 0. The lowest BCUT2D eigenvalue weighted by Gasteiger charge is -2.28. The molecule has 0 atom stereocenters. The number of aryl methyl sites for hydroxylation is 2. The quantitative estimate of drug-likeness (QED) is 0.821. The topological polar surface area (TPSA) is 32.3 Å². The van der Waals surface area contributed by atoms with E-state index in [1.54, 1.807) is 0 Å². The average Bonchev–Trinajstić information content (AvgIpc) is 2.68. The fourth-order valence-corrected chi connectivity index (χ4v) is 3.33. The van der Waals surface area contributed by atoms with Gasteiger partial charge in [0.15, 0.2) is 0 Å². The summed E-state index contributed by atoms with van der Waals surface area (Å²) in [5, 5.41) is 3.01. The standard InChI is InChI=1S/C22H28N2O/c1-2-18-6-8-19(9-7-18)10-15-22(25)23-20-11-13-21(14-12-20)24-16-4-3-5-17-24/h6-9,11-14H,2-5,10,15-17H2,1H3,(H,23,25). The maximum atomic E-state index is 12.2. The fraction of sp³-hybridized carbons (Fsp3) is 0.409. The molecule has 0 aliphatic carbocycles. The van der Waals surface area contributed by atoms with Crippen molar-refractivity contribution in [3.05, 3.63) is 59.7 Å². The Hall–Kier alpha value is -2.29. The molecule has 25 heavy (non-hydrogen) atoms. The predicted octanol–water partition coefficient (Wildman–Crippen LogP) is 4.81. The third kappa shape index (κ3) is 5.09. The van der Waals surface area contributed by atoms with Crippen molar-refractivity contribution in [3.63, 3.8) is 0 Å². The van der Waals surface area contributed by atoms with Crippen LogP contribution < -0.4 is 10.2 Å². The van der Waals surface area contributed by atoms with Gasteiger partial charge in [-0.2, -0.15) is 0 Å².